The van der Waals surface area contributed by atoms with Crippen LogP contribution < -0.4 is 14.5 Å². The van der Waals surface area contributed by atoms with Crippen LogP contribution in [0.1, 0.15) is 56.6 Å². The van der Waals surface area contributed by atoms with Gasteiger partial charge in [-0.05, 0) is 98.9 Å². The number of piperidine rings is 1. The van der Waals surface area contributed by atoms with Gasteiger partial charge >= 0.3 is 6.18 Å². The number of aryl methyl sites for hydroxylation is 1. The predicted octanol–water partition coefficient (Wildman–Crippen LogP) is 6.37. The van der Waals surface area contributed by atoms with Gasteiger partial charge < -0.3 is 19.4 Å². The van der Waals surface area contributed by atoms with Gasteiger partial charge in [0.15, 0.2) is 12.4 Å². The third-order valence-corrected chi connectivity index (χ3v) is 12.5. The zero-order valence-corrected chi connectivity index (χ0v) is 29.9. The van der Waals surface area contributed by atoms with Crippen molar-refractivity contribution in [2.75, 3.05) is 68.8 Å². The van der Waals surface area contributed by atoms with Crippen molar-refractivity contribution in [1.29, 1.82) is 0 Å². The number of anilines is 2. The summed E-state index contributed by atoms with van der Waals surface area (Å²) in [6.45, 7) is 13.0. The quantitative estimate of drug-likeness (QED) is 0.211. The maximum Gasteiger partial charge on any atom is 0.422 e. The lowest BCUT2D eigenvalue weighted by Crippen LogP contribution is -2.61. The van der Waals surface area contributed by atoms with Crippen LogP contribution in [-0.4, -0.2) is 107 Å². The Balaban J connectivity index is 1.21. The molecule has 4 saturated heterocycles. The molecule has 1 aliphatic carbocycles. The van der Waals surface area contributed by atoms with E-state index in [0.29, 0.717) is 36.2 Å². The van der Waals surface area contributed by atoms with E-state index in [1.54, 1.807) is 6.20 Å². The summed E-state index contributed by atoms with van der Waals surface area (Å²) in [4.78, 5) is 31.5. The van der Waals surface area contributed by atoms with Crippen LogP contribution in [0, 0.1) is 12.3 Å². The van der Waals surface area contributed by atoms with Crippen molar-refractivity contribution in [2.45, 2.75) is 70.0 Å². The molecule has 1 spiro atoms. The highest BCUT2D eigenvalue weighted by atomic mass is 19.4. The Morgan fingerprint density at radius 1 is 1.02 bits per heavy atom. The Morgan fingerprint density at radius 3 is 2.42 bits per heavy atom. The number of H-pyrrole nitrogens is 1. The van der Waals surface area contributed by atoms with Crippen molar-refractivity contribution >= 4 is 39.5 Å². The highest BCUT2D eigenvalue weighted by molar-refractivity contribution is 6.06. The topological polar surface area (TPSA) is 93.7 Å². The number of aromatic nitrogens is 4. The lowest BCUT2D eigenvalue weighted by molar-refractivity contribution is -0.153. The molecule has 0 atom stereocenters. The molecule has 4 aromatic rings. The molecule has 6 heterocycles. The van der Waals surface area contributed by atoms with Crippen LogP contribution in [0.3, 0.4) is 0 Å². The van der Waals surface area contributed by atoms with E-state index in [1.165, 1.54) is 18.9 Å². The summed E-state index contributed by atoms with van der Waals surface area (Å²) in [5, 5.41) is 8.91. The Bertz CT molecular complexity index is 2060. The molecule has 13 heteroatoms. The first-order valence-corrected chi connectivity index (χ1v) is 18.6. The number of aromatic amines is 1. The maximum absolute atomic E-state index is 14.1. The number of nitrogens with one attached hydrogen (secondary N) is 1. The van der Waals surface area contributed by atoms with Crippen LogP contribution in [0.25, 0.3) is 32.9 Å². The van der Waals surface area contributed by atoms with Crippen molar-refractivity contribution in [3.8, 4) is 16.9 Å². The smallest absolute Gasteiger partial charge is 0.422 e. The minimum absolute atomic E-state index is 0.0362. The molecule has 1 N–H and O–H groups in total. The molecule has 4 aliphatic heterocycles. The lowest BCUT2D eigenvalue weighted by Gasteiger charge is -2.54. The number of amides is 1. The number of carbonyl (C=O) groups excluding carboxylic acids is 1. The first kappa shape index (κ1) is 33.4. The molecule has 10 nitrogen and oxygen atoms in total. The van der Waals surface area contributed by atoms with E-state index >= 15 is 0 Å². The summed E-state index contributed by atoms with van der Waals surface area (Å²) in [5.41, 5.74) is 4.38. The van der Waals surface area contributed by atoms with Gasteiger partial charge in [0.25, 0.3) is 0 Å². The van der Waals surface area contributed by atoms with Crippen LogP contribution in [-0.2, 0) is 10.2 Å². The Hall–Kier alpha value is -4.39. The number of fused-ring (bicyclic) bond motifs is 2. The molecule has 5 fully saturated rings. The molecule has 1 amide bonds. The number of carbonyl (C=O) groups is 1. The normalized spacial score (nSPS) is 21.5. The Morgan fingerprint density at radius 2 is 1.75 bits per heavy atom. The number of rotatable bonds is 8. The fourth-order valence-electron chi connectivity index (χ4n) is 9.04. The number of hydrogen-bond donors (Lipinski definition) is 1. The molecule has 0 unspecified atom stereocenters. The van der Waals surface area contributed by atoms with Crippen molar-refractivity contribution < 1.29 is 22.7 Å². The molecular formula is C39H45F3N8O2. The van der Waals surface area contributed by atoms with Gasteiger partial charge in [-0.1, -0.05) is 19.6 Å². The van der Waals surface area contributed by atoms with Gasteiger partial charge in [-0.2, -0.15) is 23.3 Å². The van der Waals surface area contributed by atoms with Gasteiger partial charge in [-0.3, -0.25) is 14.8 Å². The maximum atomic E-state index is 14.1. The Kier molecular flexibility index (Phi) is 7.77. The van der Waals surface area contributed by atoms with Crippen LogP contribution in [0.5, 0.6) is 5.75 Å². The molecule has 5 aliphatic rings. The first-order chi connectivity index (χ1) is 24.9. The van der Waals surface area contributed by atoms with Crippen LogP contribution in [0.2, 0.25) is 0 Å². The fourth-order valence-corrected chi connectivity index (χ4v) is 9.04. The molecule has 2 aromatic heterocycles. The number of alkyl halides is 3. The minimum atomic E-state index is -4.55. The highest BCUT2D eigenvalue weighted by Crippen LogP contribution is 2.56. The highest BCUT2D eigenvalue weighted by Gasteiger charge is 2.48. The minimum Gasteiger partial charge on any atom is -0.481 e. The molecule has 0 radical (unpaired) electrons. The van der Waals surface area contributed by atoms with Crippen LogP contribution in [0.4, 0.5) is 24.9 Å². The predicted molar refractivity (Wildman–Crippen MR) is 195 cm³/mol. The second-order valence-corrected chi connectivity index (χ2v) is 16.1. The lowest BCUT2D eigenvalue weighted by atomic mass is 9.72. The number of likely N-dealkylation sites (tertiary alicyclic amines) is 2. The number of halogens is 3. The summed E-state index contributed by atoms with van der Waals surface area (Å²) < 4.78 is 48.4. The summed E-state index contributed by atoms with van der Waals surface area (Å²) in [6.07, 6.45) is 4.58. The third kappa shape index (κ3) is 5.66. The Labute approximate surface area is 301 Å². The van der Waals surface area contributed by atoms with Crippen molar-refractivity contribution in [3.63, 3.8) is 0 Å². The second-order valence-electron chi connectivity index (χ2n) is 16.1. The largest absolute Gasteiger partial charge is 0.481 e. The summed E-state index contributed by atoms with van der Waals surface area (Å²) in [6, 6.07) is 6.50. The van der Waals surface area contributed by atoms with Crippen molar-refractivity contribution in [2.24, 2.45) is 5.41 Å². The summed E-state index contributed by atoms with van der Waals surface area (Å²) in [7, 11) is 0. The van der Waals surface area contributed by atoms with Gasteiger partial charge in [-0.15, -0.1) is 0 Å². The van der Waals surface area contributed by atoms with Gasteiger partial charge in [0, 0.05) is 67.1 Å². The SMILES string of the molecule is C=CC(=O)N1CC2(CCN(c3nc(N4CC(N5CCCC5)C4)nc4c(OCC(F)(F)F)c(-c5c(C)ccc6[nH]ncc56)c(C5(C)CC5)cc34)CC2)C1. The number of nitrogens with zero attached hydrogens (tertiary/aromatic N) is 7. The number of benzene rings is 2. The van der Waals surface area contributed by atoms with E-state index in [9.17, 15) is 18.0 Å². The average molecular weight is 715 g/mol. The van der Waals surface area contributed by atoms with Gasteiger partial charge in [0.2, 0.25) is 11.9 Å². The van der Waals surface area contributed by atoms with E-state index in [-0.39, 0.29) is 22.5 Å². The fraction of sp³-hybridized carbons (Fsp3) is 0.538. The summed E-state index contributed by atoms with van der Waals surface area (Å²) >= 11 is 0. The van der Waals surface area contributed by atoms with Gasteiger partial charge in [0.05, 0.1) is 11.7 Å². The van der Waals surface area contributed by atoms with E-state index in [4.69, 9.17) is 14.7 Å². The van der Waals surface area contributed by atoms with Crippen LogP contribution >= 0.6 is 0 Å². The van der Waals surface area contributed by atoms with Crippen molar-refractivity contribution in [1.82, 2.24) is 30.0 Å². The van der Waals surface area contributed by atoms with Crippen LogP contribution in [0.15, 0.2) is 37.1 Å². The molecule has 9 rings (SSSR count). The van der Waals surface area contributed by atoms with Gasteiger partial charge in [-0.25, -0.2) is 4.98 Å². The molecule has 2 aromatic carbocycles. The monoisotopic (exact) mass is 714 g/mol. The number of ether oxygens (including phenoxy) is 1. The summed E-state index contributed by atoms with van der Waals surface area (Å²) in [5.74, 6) is 1.38. The zero-order chi connectivity index (χ0) is 36.0. The second kappa shape index (κ2) is 12.1. The number of hydrogen-bond acceptors (Lipinski definition) is 8. The van der Waals surface area contributed by atoms with E-state index in [2.05, 4.69) is 44.5 Å². The molecule has 52 heavy (non-hydrogen) atoms. The van der Waals surface area contributed by atoms with Crippen molar-refractivity contribution in [3.05, 3.63) is 48.2 Å². The first-order valence-electron chi connectivity index (χ1n) is 18.6. The van der Waals surface area contributed by atoms with E-state index < -0.39 is 12.8 Å². The molecular weight excluding hydrogens is 669 g/mol. The standard InChI is InChI=1S/C39H45F3N8O2/c1-4-30(51)50-21-38(22-50)11-15-48(16-12-38)35-26-17-28(37(3)9-10-37)32(31-24(2)7-8-29-27(31)18-43-46-29)34(52-23-39(40,41)42)33(26)44-36(45-35)49-19-25(20-49)47-13-5-6-14-47/h4,7-8,17-18,25H,1,5-6,9-16,19-23H2,2-3H3,(H,43,46). The zero-order valence-electron chi connectivity index (χ0n) is 29.9. The molecule has 274 valence electrons. The third-order valence-electron chi connectivity index (χ3n) is 12.5. The molecule has 0 bridgehead atoms. The van der Waals surface area contributed by atoms with Gasteiger partial charge in [0.1, 0.15) is 11.3 Å². The average Bonchev–Trinajstić information content (AvgIpc) is 3.43. The van der Waals surface area contributed by atoms with E-state index in [1.807, 2.05) is 24.0 Å². The van der Waals surface area contributed by atoms with E-state index in [0.717, 1.165) is 104 Å². The molecule has 1 saturated carbocycles.